The van der Waals surface area contributed by atoms with Gasteiger partial charge in [-0.1, -0.05) is 13.8 Å². The summed E-state index contributed by atoms with van der Waals surface area (Å²) >= 11 is 0. The molecule has 2 aliphatic heterocycles. The number of sulfone groups is 1. The minimum absolute atomic E-state index is 0.155. The second kappa shape index (κ2) is 6.24. The summed E-state index contributed by atoms with van der Waals surface area (Å²) in [6.07, 6.45) is 4.13. The van der Waals surface area contributed by atoms with Gasteiger partial charge in [0.25, 0.3) is 0 Å². The molecule has 2 rings (SSSR count). The Kier molecular flexibility index (Phi) is 4.98. The molecule has 0 radical (unpaired) electrons. The van der Waals surface area contributed by atoms with E-state index in [1.165, 1.54) is 6.26 Å². The number of carbonyl (C=O) groups is 1. The van der Waals surface area contributed by atoms with Gasteiger partial charge in [-0.3, -0.25) is 4.79 Å². The van der Waals surface area contributed by atoms with Gasteiger partial charge in [0, 0.05) is 19.3 Å². The molecule has 122 valence electrons. The van der Waals surface area contributed by atoms with Crippen LogP contribution in [0.4, 0.5) is 0 Å². The van der Waals surface area contributed by atoms with E-state index >= 15 is 0 Å². The standard InChI is InChI=1S/C15H28N2O3S/c1-12(2)10-13-4-9-17(11-13)14(18)15(21(3,19)20)5-7-16-8-6-15/h12-13,16H,4-11H2,1-3H3. The van der Waals surface area contributed by atoms with Crippen molar-refractivity contribution in [1.82, 2.24) is 10.2 Å². The van der Waals surface area contributed by atoms with Crippen molar-refractivity contribution in [2.24, 2.45) is 11.8 Å². The Bertz CT molecular complexity index is 481. The van der Waals surface area contributed by atoms with E-state index in [0.717, 1.165) is 19.4 Å². The molecular weight excluding hydrogens is 288 g/mol. The SMILES string of the molecule is CC(C)CC1CCN(C(=O)C2(S(C)(=O)=O)CCNCC2)C1. The predicted octanol–water partition coefficient (Wildman–Crippen LogP) is 1.05. The molecule has 1 atom stereocenters. The molecule has 2 heterocycles. The number of amides is 1. The third-order valence-electron chi connectivity index (χ3n) is 4.89. The molecule has 1 amide bonds. The number of piperidine rings is 1. The zero-order valence-corrected chi connectivity index (χ0v) is 14.2. The quantitative estimate of drug-likeness (QED) is 0.842. The van der Waals surface area contributed by atoms with Gasteiger partial charge in [0.05, 0.1) is 0 Å². The van der Waals surface area contributed by atoms with Crippen LogP contribution in [0.2, 0.25) is 0 Å². The predicted molar refractivity (Wildman–Crippen MR) is 83.8 cm³/mol. The largest absolute Gasteiger partial charge is 0.341 e. The first kappa shape index (κ1) is 16.7. The van der Waals surface area contributed by atoms with E-state index in [1.807, 2.05) is 0 Å². The van der Waals surface area contributed by atoms with Crippen LogP contribution >= 0.6 is 0 Å². The minimum atomic E-state index is -3.40. The van der Waals surface area contributed by atoms with Crippen molar-refractivity contribution in [3.63, 3.8) is 0 Å². The van der Waals surface area contributed by atoms with E-state index in [-0.39, 0.29) is 5.91 Å². The molecular formula is C15H28N2O3S. The van der Waals surface area contributed by atoms with E-state index in [2.05, 4.69) is 19.2 Å². The van der Waals surface area contributed by atoms with Crippen LogP contribution in [-0.2, 0) is 14.6 Å². The Morgan fingerprint density at radius 2 is 1.95 bits per heavy atom. The third kappa shape index (κ3) is 3.42. The maximum absolute atomic E-state index is 12.9. The molecule has 21 heavy (non-hydrogen) atoms. The fourth-order valence-corrected chi connectivity index (χ4v) is 5.13. The third-order valence-corrected chi connectivity index (χ3v) is 6.89. The average Bonchev–Trinajstić information content (AvgIpc) is 2.85. The molecule has 0 saturated carbocycles. The summed E-state index contributed by atoms with van der Waals surface area (Å²) in [5.74, 6) is 0.984. The van der Waals surface area contributed by atoms with Gasteiger partial charge in [-0.25, -0.2) is 8.42 Å². The molecule has 0 aromatic rings. The minimum Gasteiger partial charge on any atom is -0.341 e. The first-order valence-electron chi connectivity index (χ1n) is 7.96. The number of hydrogen-bond acceptors (Lipinski definition) is 4. The summed E-state index contributed by atoms with van der Waals surface area (Å²) in [7, 11) is -3.40. The fourth-order valence-electron chi connectivity index (χ4n) is 3.74. The fraction of sp³-hybridized carbons (Fsp3) is 0.933. The summed E-state index contributed by atoms with van der Waals surface area (Å²) in [4.78, 5) is 14.7. The van der Waals surface area contributed by atoms with E-state index < -0.39 is 14.6 Å². The Balaban J connectivity index is 2.13. The van der Waals surface area contributed by atoms with E-state index in [9.17, 15) is 13.2 Å². The van der Waals surface area contributed by atoms with Crippen molar-refractivity contribution in [1.29, 1.82) is 0 Å². The Morgan fingerprint density at radius 1 is 1.33 bits per heavy atom. The topological polar surface area (TPSA) is 66.5 Å². The van der Waals surface area contributed by atoms with Gasteiger partial charge >= 0.3 is 0 Å². The number of nitrogens with one attached hydrogen (secondary N) is 1. The summed E-state index contributed by atoms with van der Waals surface area (Å²) in [6.45, 7) is 7.01. The highest BCUT2D eigenvalue weighted by molar-refractivity contribution is 7.92. The van der Waals surface area contributed by atoms with Crippen molar-refractivity contribution >= 4 is 15.7 Å². The van der Waals surface area contributed by atoms with Crippen molar-refractivity contribution < 1.29 is 13.2 Å². The van der Waals surface area contributed by atoms with Crippen LogP contribution in [0.25, 0.3) is 0 Å². The lowest BCUT2D eigenvalue weighted by molar-refractivity contribution is -0.133. The zero-order valence-electron chi connectivity index (χ0n) is 13.4. The lowest BCUT2D eigenvalue weighted by Crippen LogP contribution is -2.57. The molecule has 0 spiro atoms. The summed E-state index contributed by atoms with van der Waals surface area (Å²) < 4.78 is 23.4. The molecule has 0 bridgehead atoms. The lowest BCUT2D eigenvalue weighted by Gasteiger charge is -2.37. The van der Waals surface area contributed by atoms with E-state index in [0.29, 0.717) is 44.3 Å². The van der Waals surface area contributed by atoms with Crippen LogP contribution in [0, 0.1) is 11.8 Å². The first-order valence-corrected chi connectivity index (χ1v) is 9.85. The molecule has 5 nitrogen and oxygen atoms in total. The molecule has 0 aromatic carbocycles. The highest BCUT2D eigenvalue weighted by atomic mass is 32.2. The maximum Gasteiger partial charge on any atom is 0.244 e. The van der Waals surface area contributed by atoms with Gasteiger partial charge in [-0.15, -0.1) is 0 Å². The maximum atomic E-state index is 12.9. The molecule has 2 saturated heterocycles. The molecule has 2 aliphatic rings. The van der Waals surface area contributed by atoms with Crippen molar-refractivity contribution in [2.75, 3.05) is 32.4 Å². The van der Waals surface area contributed by atoms with Crippen LogP contribution < -0.4 is 5.32 Å². The van der Waals surface area contributed by atoms with Crippen molar-refractivity contribution in [3.8, 4) is 0 Å². The number of rotatable bonds is 4. The van der Waals surface area contributed by atoms with Gasteiger partial charge in [-0.05, 0) is 50.6 Å². The molecule has 0 aromatic heterocycles. The number of nitrogens with zero attached hydrogens (tertiary/aromatic N) is 1. The summed E-state index contributed by atoms with van der Waals surface area (Å²) in [5.41, 5.74) is 0. The molecule has 1 N–H and O–H groups in total. The smallest absolute Gasteiger partial charge is 0.244 e. The zero-order chi connectivity index (χ0) is 15.7. The van der Waals surface area contributed by atoms with Gasteiger partial charge in [0.1, 0.15) is 0 Å². The highest BCUT2D eigenvalue weighted by Gasteiger charge is 2.51. The number of carbonyl (C=O) groups excluding carboxylic acids is 1. The Morgan fingerprint density at radius 3 is 2.48 bits per heavy atom. The van der Waals surface area contributed by atoms with E-state index in [1.54, 1.807) is 4.90 Å². The van der Waals surface area contributed by atoms with Gasteiger partial charge in [0.2, 0.25) is 5.91 Å². The molecule has 6 heteroatoms. The molecule has 1 unspecified atom stereocenters. The van der Waals surface area contributed by atoms with Crippen LogP contribution in [-0.4, -0.2) is 56.4 Å². The highest BCUT2D eigenvalue weighted by Crippen LogP contribution is 2.33. The second-order valence-corrected chi connectivity index (χ2v) is 9.38. The van der Waals surface area contributed by atoms with Crippen LogP contribution in [0.1, 0.15) is 39.5 Å². The second-order valence-electron chi connectivity index (χ2n) is 7.05. The molecule has 0 aliphatic carbocycles. The Labute approximate surface area is 128 Å². The van der Waals surface area contributed by atoms with E-state index in [4.69, 9.17) is 0 Å². The lowest BCUT2D eigenvalue weighted by atomic mass is 9.94. The first-order chi connectivity index (χ1) is 9.76. The van der Waals surface area contributed by atoms with Crippen LogP contribution in [0.5, 0.6) is 0 Å². The van der Waals surface area contributed by atoms with Gasteiger partial charge in [0.15, 0.2) is 14.6 Å². The monoisotopic (exact) mass is 316 g/mol. The van der Waals surface area contributed by atoms with Crippen LogP contribution in [0.3, 0.4) is 0 Å². The Hall–Kier alpha value is -0.620. The van der Waals surface area contributed by atoms with Crippen molar-refractivity contribution in [2.45, 2.75) is 44.3 Å². The summed E-state index contributed by atoms with van der Waals surface area (Å²) in [6, 6.07) is 0. The number of hydrogen-bond donors (Lipinski definition) is 1. The van der Waals surface area contributed by atoms with Crippen molar-refractivity contribution in [3.05, 3.63) is 0 Å². The average molecular weight is 316 g/mol. The number of likely N-dealkylation sites (tertiary alicyclic amines) is 1. The summed E-state index contributed by atoms with van der Waals surface area (Å²) in [5, 5.41) is 3.16. The van der Waals surface area contributed by atoms with Crippen LogP contribution in [0.15, 0.2) is 0 Å². The normalized spacial score (nSPS) is 26.3. The molecule has 2 fully saturated rings. The van der Waals surface area contributed by atoms with Gasteiger partial charge < -0.3 is 10.2 Å². The van der Waals surface area contributed by atoms with Gasteiger partial charge in [-0.2, -0.15) is 0 Å².